The van der Waals surface area contributed by atoms with Gasteiger partial charge in [0.2, 0.25) is 5.95 Å². The Bertz CT molecular complexity index is 440. The molecule has 0 aliphatic carbocycles. The minimum Gasteiger partial charge on any atom is -0.204 e. The fourth-order valence-corrected chi connectivity index (χ4v) is 1.51. The molecule has 0 N–H and O–H groups in total. The summed E-state index contributed by atoms with van der Waals surface area (Å²) in [6.07, 6.45) is 0. The van der Waals surface area contributed by atoms with E-state index in [9.17, 15) is 4.39 Å². The molecule has 12 heavy (non-hydrogen) atoms. The lowest BCUT2D eigenvalue weighted by Gasteiger charge is -1.95. The molecule has 0 saturated heterocycles. The van der Waals surface area contributed by atoms with E-state index in [1.165, 1.54) is 6.07 Å². The van der Waals surface area contributed by atoms with Crippen molar-refractivity contribution >= 4 is 33.0 Å². The van der Waals surface area contributed by atoms with Crippen molar-refractivity contribution < 1.29 is 4.39 Å². The van der Waals surface area contributed by atoms with E-state index < -0.39 is 5.95 Å². The Morgan fingerprint density at radius 3 is 3.00 bits per heavy atom. The molecule has 0 radical (unpaired) electrons. The van der Waals surface area contributed by atoms with E-state index in [0.29, 0.717) is 10.1 Å². The summed E-state index contributed by atoms with van der Waals surface area (Å²) in [4.78, 5) is 0. The van der Waals surface area contributed by atoms with Gasteiger partial charge < -0.3 is 0 Å². The molecule has 2 nitrogen and oxygen atoms in total. The number of aromatic nitrogens is 2. The number of hydrogen-bond donors (Lipinski definition) is 0. The van der Waals surface area contributed by atoms with Crippen LogP contribution in [0.3, 0.4) is 0 Å². The molecular formula is C7H3BrClFN2. The normalized spacial score (nSPS) is 10.9. The van der Waals surface area contributed by atoms with E-state index in [0.717, 1.165) is 4.52 Å². The largest absolute Gasteiger partial charge is 0.233 e. The number of fused-ring (bicyclic) bond motifs is 1. The minimum atomic E-state index is -0.542. The van der Waals surface area contributed by atoms with Gasteiger partial charge >= 0.3 is 0 Å². The fraction of sp³-hybridized carbons (Fsp3) is 0. The molecule has 2 rings (SSSR count). The van der Waals surface area contributed by atoms with Crippen LogP contribution in [0, 0.1) is 5.95 Å². The predicted molar refractivity (Wildman–Crippen MR) is 47.9 cm³/mol. The zero-order chi connectivity index (χ0) is 8.72. The first-order valence-electron chi connectivity index (χ1n) is 3.18. The molecule has 0 bridgehead atoms. The van der Waals surface area contributed by atoms with Crippen molar-refractivity contribution in [2.45, 2.75) is 0 Å². The van der Waals surface area contributed by atoms with Gasteiger partial charge in [-0.1, -0.05) is 11.6 Å². The second kappa shape index (κ2) is 2.71. The van der Waals surface area contributed by atoms with Gasteiger partial charge in [-0.15, -0.1) is 0 Å². The van der Waals surface area contributed by atoms with Crippen LogP contribution in [0.2, 0.25) is 5.02 Å². The maximum Gasteiger partial charge on any atom is 0.233 e. The summed E-state index contributed by atoms with van der Waals surface area (Å²) in [5, 5.41) is 3.92. The Kier molecular flexibility index (Phi) is 1.81. The van der Waals surface area contributed by atoms with Crippen LogP contribution in [-0.4, -0.2) is 9.61 Å². The standard InChI is InChI=1S/C7H3BrClFN2/c8-6-3-4-1-2-5(9)7(10)12(4)11-6/h1-3H. The SMILES string of the molecule is Fc1c(Cl)ccc2cc(Br)nn12. The van der Waals surface area contributed by atoms with Crippen LogP contribution in [0.1, 0.15) is 0 Å². The molecule has 0 saturated carbocycles. The van der Waals surface area contributed by atoms with Gasteiger partial charge in [0.25, 0.3) is 0 Å². The fourth-order valence-electron chi connectivity index (χ4n) is 0.970. The van der Waals surface area contributed by atoms with Gasteiger partial charge in [0.05, 0.1) is 10.5 Å². The van der Waals surface area contributed by atoms with Crippen molar-refractivity contribution in [3.8, 4) is 0 Å². The summed E-state index contributed by atoms with van der Waals surface area (Å²) in [5.74, 6) is -0.542. The van der Waals surface area contributed by atoms with Crippen LogP contribution in [0.15, 0.2) is 22.8 Å². The third-order valence-electron chi connectivity index (χ3n) is 1.49. The molecule has 0 fully saturated rings. The number of pyridine rings is 1. The number of halogens is 3. The van der Waals surface area contributed by atoms with Crippen molar-refractivity contribution in [1.29, 1.82) is 0 Å². The second-order valence-corrected chi connectivity index (χ2v) is 3.50. The monoisotopic (exact) mass is 248 g/mol. The van der Waals surface area contributed by atoms with Crippen LogP contribution in [0.5, 0.6) is 0 Å². The van der Waals surface area contributed by atoms with E-state index in [1.807, 2.05) is 0 Å². The molecule has 0 aliphatic heterocycles. The van der Waals surface area contributed by atoms with Gasteiger partial charge in [0.15, 0.2) is 0 Å². The van der Waals surface area contributed by atoms with Crippen LogP contribution >= 0.6 is 27.5 Å². The third-order valence-corrected chi connectivity index (χ3v) is 2.16. The lowest BCUT2D eigenvalue weighted by Crippen LogP contribution is -1.94. The van der Waals surface area contributed by atoms with Gasteiger partial charge in [0.1, 0.15) is 4.60 Å². The Labute approximate surface area is 81.1 Å². The Balaban J connectivity index is 2.89. The summed E-state index contributed by atoms with van der Waals surface area (Å²) < 4.78 is 14.9. The Morgan fingerprint density at radius 1 is 1.50 bits per heavy atom. The van der Waals surface area contributed by atoms with Crippen molar-refractivity contribution in [2.24, 2.45) is 0 Å². The zero-order valence-corrected chi connectivity index (χ0v) is 8.10. The highest BCUT2D eigenvalue weighted by molar-refractivity contribution is 9.10. The number of nitrogens with zero attached hydrogens (tertiary/aromatic N) is 2. The molecule has 0 unspecified atom stereocenters. The van der Waals surface area contributed by atoms with Crippen LogP contribution < -0.4 is 0 Å². The average molecular weight is 249 g/mol. The van der Waals surface area contributed by atoms with E-state index in [2.05, 4.69) is 21.0 Å². The maximum absolute atomic E-state index is 13.2. The minimum absolute atomic E-state index is 0.0677. The van der Waals surface area contributed by atoms with Crippen molar-refractivity contribution in [3.63, 3.8) is 0 Å². The molecule has 0 atom stereocenters. The van der Waals surface area contributed by atoms with E-state index in [4.69, 9.17) is 11.6 Å². The number of rotatable bonds is 0. The van der Waals surface area contributed by atoms with Crippen LogP contribution in [0.25, 0.3) is 5.52 Å². The second-order valence-electron chi connectivity index (χ2n) is 2.28. The maximum atomic E-state index is 13.2. The van der Waals surface area contributed by atoms with Gasteiger partial charge in [-0.2, -0.15) is 9.49 Å². The molecular weight excluding hydrogens is 246 g/mol. The first-order chi connectivity index (χ1) is 5.68. The van der Waals surface area contributed by atoms with Gasteiger partial charge in [-0.05, 0) is 34.1 Å². The first kappa shape index (κ1) is 8.01. The van der Waals surface area contributed by atoms with Gasteiger partial charge in [0, 0.05) is 0 Å². The molecule has 5 heteroatoms. The van der Waals surface area contributed by atoms with Gasteiger partial charge in [-0.25, -0.2) is 4.52 Å². The molecule has 2 aromatic heterocycles. The topological polar surface area (TPSA) is 17.3 Å². The molecule has 62 valence electrons. The summed E-state index contributed by atoms with van der Waals surface area (Å²) >= 11 is 8.69. The third kappa shape index (κ3) is 1.11. The zero-order valence-electron chi connectivity index (χ0n) is 5.76. The molecule has 0 aliphatic rings. The summed E-state index contributed by atoms with van der Waals surface area (Å²) in [7, 11) is 0. The summed E-state index contributed by atoms with van der Waals surface area (Å²) in [5.41, 5.74) is 0.670. The average Bonchev–Trinajstić information content (AvgIpc) is 2.39. The van der Waals surface area contributed by atoms with Gasteiger partial charge in [-0.3, -0.25) is 0 Å². The number of hydrogen-bond acceptors (Lipinski definition) is 1. The van der Waals surface area contributed by atoms with Crippen LogP contribution in [0.4, 0.5) is 4.39 Å². The van der Waals surface area contributed by atoms with E-state index in [1.54, 1.807) is 12.1 Å². The highest BCUT2D eigenvalue weighted by atomic mass is 79.9. The van der Waals surface area contributed by atoms with Crippen molar-refractivity contribution in [2.75, 3.05) is 0 Å². The predicted octanol–water partition coefficient (Wildman–Crippen LogP) is 2.89. The molecule has 2 heterocycles. The summed E-state index contributed by atoms with van der Waals surface area (Å²) in [6, 6.07) is 4.91. The highest BCUT2D eigenvalue weighted by Crippen LogP contribution is 2.18. The van der Waals surface area contributed by atoms with E-state index >= 15 is 0 Å². The Morgan fingerprint density at radius 2 is 2.25 bits per heavy atom. The Hall–Kier alpha value is -0.610. The summed E-state index contributed by atoms with van der Waals surface area (Å²) in [6.45, 7) is 0. The van der Waals surface area contributed by atoms with Crippen molar-refractivity contribution in [1.82, 2.24) is 9.61 Å². The molecule has 0 amide bonds. The molecule has 2 aromatic rings. The van der Waals surface area contributed by atoms with Crippen LogP contribution in [-0.2, 0) is 0 Å². The lowest BCUT2D eigenvalue weighted by atomic mass is 10.4. The van der Waals surface area contributed by atoms with Crippen molar-refractivity contribution in [3.05, 3.63) is 33.8 Å². The molecule has 0 aromatic carbocycles. The quantitative estimate of drug-likeness (QED) is 0.656. The smallest absolute Gasteiger partial charge is 0.204 e. The van der Waals surface area contributed by atoms with E-state index in [-0.39, 0.29) is 5.02 Å². The molecule has 0 spiro atoms. The first-order valence-corrected chi connectivity index (χ1v) is 4.35. The highest BCUT2D eigenvalue weighted by Gasteiger charge is 2.06. The lowest BCUT2D eigenvalue weighted by molar-refractivity contribution is 0.544.